The van der Waals surface area contributed by atoms with Gasteiger partial charge in [-0.2, -0.15) is 0 Å². The lowest BCUT2D eigenvalue weighted by molar-refractivity contribution is -0.178. The Kier molecular flexibility index (Phi) is 9.15. The van der Waals surface area contributed by atoms with Crippen molar-refractivity contribution in [2.75, 3.05) is 12.3 Å². The number of hydrogen-bond donors (Lipinski definition) is 2. The predicted octanol–water partition coefficient (Wildman–Crippen LogP) is 1.51. The van der Waals surface area contributed by atoms with Crippen molar-refractivity contribution >= 4 is 23.1 Å². The highest BCUT2D eigenvalue weighted by Gasteiger charge is 2.23. The van der Waals surface area contributed by atoms with Crippen LogP contribution in [0.25, 0.3) is 0 Å². The summed E-state index contributed by atoms with van der Waals surface area (Å²) in [7, 11) is 0. The van der Waals surface area contributed by atoms with E-state index in [0.29, 0.717) is 6.42 Å². The molecule has 0 aliphatic rings. The third-order valence-electron chi connectivity index (χ3n) is 2.24. The summed E-state index contributed by atoms with van der Waals surface area (Å²) in [5.41, 5.74) is 0. The SMILES string of the molecule is CC(C)C(=O)O[C@H](OC(=O)NCCCS(=O)O)C(C)C. The first-order chi connectivity index (χ1) is 9.23. The molecule has 0 saturated carbocycles. The van der Waals surface area contributed by atoms with E-state index in [2.05, 4.69) is 5.32 Å². The summed E-state index contributed by atoms with van der Waals surface area (Å²) in [6.45, 7) is 7.12. The van der Waals surface area contributed by atoms with Gasteiger partial charge >= 0.3 is 12.1 Å². The van der Waals surface area contributed by atoms with Gasteiger partial charge in [0.05, 0.1) is 11.7 Å². The number of ether oxygens (including phenoxy) is 2. The molecular weight excluding hydrogens is 286 g/mol. The minimum Gasteiger partial charge on any atom is -0.425 e. The largest absolute Gasteiger partial charge is 0.425 e. The summed E-state index contributed by atoms with van der Waals surface area (Å²) in [5.74, 6) is -0.834. The van der Waals surface area contributed by atoms with Gasteiger partial charge in [0.1, 0.15) is 0 Å². The lowest BCUT2D eigenvalue weighted by Crippen LogP contribution is -2.36. The van der Waals surface area contributed by atoms with Gasteiger partial charge in [-0.1, -0.05) is 27.7 Å². The molecule has 0 bridgehead atoms. The van der Waals surface area contributed by atoms with Crippen molar-refractivity contribution in [1.29, 1.82) is 0 Å². The van der Waals surface area contributed by atoms with E-state index in [4.69, 9.17) is 14.0 Å². The topological polar surface area (TPSA) is 102 Å². The summed E-state index contributed by atoms with van der Waals surface area (Å²) in [6, 6.07) is 0. The molecule has 0 heterocycles. The van der Waals surface area contributed by atoms with Crippen LogP contribution in [0.15, 0.2) is 0 Å². The minimum absolute atomic E-state index is 0.0796. The van der Waals surface area contributed by atoms with Crippen LogP contribution in [0, 0.1) is 11.8 Å². The Bertz CT molecular complexity index is 345. The van der Waals surface area contributed by atoms with Gasteiger partial charge in [0, 0.05) is 12.5 Å². The summed E-state index contributed by atoms with van der Waals surface area (Å²) < 4.78 is 29.0. The molecule has 0 saturated heterocycles. The molecule has 0 radical (unpaired) electrons. The second-order valence-electron chi connectivity index (χ2n) is 4.92. The molecular formula is C12H23NO6S. The summed E-state index contributed by atoms with van der Waals surface area (Å²) in [6.07, 6.45) is -1.31. The maximum absolute atomic E-state index is 11.5. The Morgan fingerprint density at radius 1 is 1.20 bits per heavy atom. The van der Waals surface area contributed by atoms with Crippen LogP contribution in [-0.4, -0.2) is 39.4 Å². The van der Waals surface area contributed by atoms with Gasteiger partial charge in [-0.3, -0.25) is 4.79 Å². The summed E-state index contributed by atoms with van der Waals surface area (Å²) in [4.78, 5) is 23.0. The molecule has 1 amide bonds. The molecule has 2 N–H and O–H groups in total. The van der Waals surface area contributed by atoms with Crippen molar-refractivity contribution in [3.63, 3.8) is 0 Å². The number of amides is 1. The number of esters is 1. The van der Waals surface area contributed by atoms with Crippen LogP contribution in [-0.2, 0) is 25.3 Å². The summed E-state index contributed by atoms with van der Waals surface area (Å²) in [5, 5.41) is 2.43. The highest BCUT2D eigenvalue weighted by Crippen LogP contribution is 2.11. The molecule has 2 atom stereocenters. The highest BCUT2D eigenvalue weighted by molar-refractivity contribution is 7.79. The van der Waals surface area contributed by atoms with Crippen LogP contribution >= 0.6 is 0 Å². The zero-order valence-corrected chi connectivity index (χ0v) is 13.1. The van der Waals surface area contributed by atoms with Crippen LogP contribution in [0.4, 0.5) is 4.79 Å². The zero-order valence-electron chi connectivity index (χ0n) is 12.3. The van der Waals surface area contributed by atoms with Gasteiger partial charge in [0.25, 0.3) is 6.29 Å². The minimum atomic E-state index is -1.87. The predicted molar refractivity (Wildman–Crippen MR) is 74.3 cm³/mol. The fraction of sp³-hybridized carbons (Fsp3) is 0.833. The van der Waals surface area contributed by atoms with Gasteiger partial charge in [0.15, 0.2) is 11.1 Å². The van der Waals surface area contributed by atoms with Crippen molar-refractivity contribution < 1.29 is 27.8 Å². The molecule has 0 fully saturated rings. The van der Waals surface area contributed by atoms with E-state index < -0.39 is 29.4 Å². The van der Waals surface area contributed by atoms with Gasteiger partial charge in [0.2, 0.25) is 0 Å². The molecule has 0 aromatic rings. The number of carbonyl (C=O) groups is 2. The number of hydrogen-bond acceptors (Lipinski definition) is 5. The molecule has 0 aliphatic heterocycles. The molecule has 118 valence electrons. The Labute approximate surface area is 121 Å². The van der Waals surface area contributed by atoms with Crippen molar-refractivity contribution in [1.82, 2.24) is 5.32 Å². The number of alkyl carbamates (subject to hydrolysis) is 1. The lowest BCUT2D eigenvalue weighted by Gasteiger charge is -2.22. The molecule has 0 rings (SSSR count). The van der Waals surface area contributed by atoms with Crippen molar-refractivity contribution in [3.05, 3.63) is 0 Å². The molecule has 1 unspecified atom stereocenters. The number of nitrogens with one attached hydrogen (secondary N) is 1. The third kappa shape index (κ3) is 8.87. The standard InChI is InChI=1S/C12H23NO6S/c1-8(2)10(14)18-11(9(3)4)19-12(15)13-6-5-7-20(16)17/h8-9,11H,5-7H2,1-4H3,(H,13,15)(H,16,17)/t11-/m1/s1. The average Bonchev–Trinajstić information content (AvgIpc) is 2.33. The molecule has 20 heavy (non-hydrogen) atoms. The van der Waals surface area contributed by atoms with Crippen molar-refractivity contribution in [3.8, 4) is 0 Å². The lowest BCUT2D eigenvalue weighted by atomic mass is 10.2. The quantitative estimate of drug-likeness (QED) is 0.305. The van der Waals surface area contributed by atoms with Crippen LogP contribution in [0.2, 0.25) is 0 Å². The first kappa shape index (κ1) is 18.9. The van der Waals surface area contributed by atoms with Gasteiger partial charge in [-0.05, 0) is 6.42 Å². The molecule has 7 nitrogen and oxygen atoms in total. The normalized spacial score (nSPS) is 13.9. The van der Waals surface area contributed by atoms with Gasteiger partial charge in [-0.25, -0.2) is 9.00 Å². The highest BCUT2D eigenvalue weighted by atomic mass is 32.2. The fourth-order valence-electron chi connectivity index (χ4n) is 1.08. The molecule has 0 spiro atoms. The Balaban J connectivity index is 4.14. The van der Waals surface area contributed by atoms with Gasteiger partial charge < -0.3 is 19.3 Å². The Morgan fingerprint density at radius 3 is 2.25 bits per heavy atom. The first-order valence-corrected chi connectivity index (χ1v) is 7.74. The smallest absolute Gasteiger partial charge is 0.410 e. The molecule has 0 aromatic carbocycles. The van der Waals surface area contributed by atoms with E-state index >= 15 is 0 Å². The summed E-state index contributed by atoms with van der Waals surface area (Å²) >= 11 is -1.87. The molecule has 0 aliphatic carbocycles. The fourth-order valence-corrected chi connectivity index (χ4v) is 1.47. The molecule has 0 aromatic heterocycles. The van der Waals surface area contributed by atoms with E-state index in [1.807, 2.05) is 0 Å². The van der Waals surface area contributed by atoms with Crippen molar-refractivity contribution in [2.24, 2.45) is 11.8 Å². The van der Waals surface area contributed by atoms with Crippen LogP contribution in [0.5, 0.6) is 0 Å². The third-order valence-corrected chi connectivity index (χ3v) is 2.87. The average molecular weight is 309 g/mol. The maximum atomic E-state index is 11.5. The number of carbonyl (C=O) groups excluding carboxylic acids is 2. The van der Waals surface area contributed by atoms with Gasteiger partial charge in [-0.15, -0.1) is 0 Å². The van der Waals surface area contributed by atoms with E-state index in [1.165, 1.54) is 0 Å². The Hall–Kier alpha value is -1.15. The number of rotatable bonds is 8. The van der Waals surface area contributed by atoms with E-state index in [0.717, 1.165) is 0 Å². The van der Waals surface area contributed by atoms with E-state index in [1.54, 1.807) is 27.7 Å². The zero-order chi connectivity index (χ0) is 15.7. The first-order valence-electron chi connectivity index (χ1n) is 6.46. The maximum Gasteiger partial charge on any atom is 0.410 e. The van der Waals surface area contributed by atoms with E-state index in [-0.39, 0.29) is 24.1 Å². The van der Waals surface area contributed by atoms with E-state index in [9.17, 15) is 13.8 Å². The Morgan fingerprint density at radius 2 is 1.80 bits per heavy atom. The van der Waals surface area contributed by atoms with Crippen molar-refractivity contribution in [2.45, 2.75) is 40.4 Å². The van der Waals surface area contributed by atoms with Crippen LogP contribution < -0.4 is 5.32 Å². The monoisotopic (exact) mass is 309 g/mol. The van der Waals surface area contributed by atoms with Crippen LogP contribution in [0.3, 0.4) is 0 Å². The molecule has 8 heteroatoms. The second kappa shape index (κ2) is 9.71. The van der Waals surface area contributed by atoms with Crippen LogP contribution in [0.1, 0.15) is 34.1 Å². The second-order valence-corrected chi connectivity index (χ2v) is 5.97.